The number of thiophene rings is 1. The van der Waals surface area contributed by atoms with Crippen LogP contribution in [-0.2, 0) is 0 Å². The zero-order valence-electron chi connectivity index (χ0n) is 12.1. The number of hydrogen-bond acceptors (Lipinski definition) is 6. The minimum Gasteiger partial charge on any atom is -0.476 e. The molecule has 0 aliphatic carbocycles. The topological polar surface area (TPSA) is 88.0 Å². The van der Waals surface area contributed by atoms with Gasteiger partial charge in [0.25, 0.3) is 0 Å². The van der Waals surface area contributed by atoms with Gasteiger partial charge in [0.05, 0.1) is 16.3 Å². The lowest BCUT2D eigenvalue weighted by Crippen LogP contribution is -2.12. The predicted molar refractivity (Wildman–Crippen MR) is 85.4 cm³/mol. The van der Waals surface area contributed by atoms with Crippen LogP contribution in [0.25, 0.3) is 10.2 Å². The molecule has 0 bridgehead atoms. The monoisotopic (exact) mass is 314 g/mol. The van der Waals surface area contributed by atoms with Gasteiger partial charge in [-0.25, -0.2) is 14.8 Å². The molecule has 3 heterocycles. The Bertz CT molecular complexity index is 832. The molecule has 22 heavy (non-hydrogen) atoms. The van der Waals surface area contributed by atoms with Crippen molar-refractivity contribution < 1.29 is 9.90 Å². The molecule has 0 aliphatic heterocycles. The van der Waals surface area contributed by atoms with Gasteiger partial charge < -0.3 is 10.4 Å². The number of pyridine rings is 1. The number of carbonyl (C=O) groups is 1. The molecule has 6 nitrogen and oxygen atoms in total. The minimum atomic E-state index is -1.05. The van der Waals surface area contributed by atoms with Gasteiger partial charge in [-0.3, -0.25) is 4.98 Å². The van der Waals surface area contributed by atoms with E-state index in [0.29, 0.717) is 16.2 Å². The maximum atomic E-state index is 11.4. The van der Waals surface area contributed by atoms with Gasteiger partial charge in [0.2, 0.25) is 5.95 Å². The summed E-state index contributed by atoms with van der Waals surface area (Å²) in [7, 11) is 0. The zero-order chi connectivity index (χ0) is 15.7. The maximum absolute atomic E-state index is 11.4. The average Bonchev–Trinajstić information content (AvgIpc) is 2.87. The van der Waals surface area contributed by atoms with Gasteiger partial charge in [0, 0.05) is 17.3 Å². The summed E-state index contributed by atoms with van der Waals surface area (Å²) in [4.78, 5) is 25.0. The fourth-order valence-electron chi connectivity index (χ4n) is 2.17. The highest BCUT2D eigenvalue weighted by Gasteiger charge is 2.17. The molecule has 112 valence electrons. The van der Waals surface area contributed by atoms with Gasteiger partial charge in [-0.1, -0.05) is 6.07 Å². The molecule has 0 saturated heterocycles. The average molecular weight is 314 g/mol. The summed E-state index contributed by atoms with van der Waals surface area (Å²) in [6.07, 6.45) is 3.46. The summed E-state index contributed by atoms with van der Waals surface area (Å²) in [6.45, 7) is 3.87. The van der Waals surface area contributed by atoms with E-state index in [2.05, 4.69) is 20.3 Å². The lowest BCUT2D eigenvalue weighted by atomic mass is 10.1. The van der Waals surface area contributed by atoms with Gasteiger partial charge in [-0.2, -0.15) is 0 Å². The molecule has 0 unspecified atom stereocenters. The molecule has 0 spiro atoms. The summed E-state index contributed by atoms with van der Waals surface area (Å²) in [5.74, 6) is -0.745. The first-order valence-corrected chi connectivity index (χ1v) is 7.54. The van der Waals surface area contributed by atoms with Crippen LogP contribution in [0, 0.1) is 6.92 Å². The van der Waals surface area contributed by atoms with Gasteiger partial charge in [-0.05, 0) is 31.5 Å². The van der Waals surface area contributed by atoms with Crippen molar-refractivity contribution in [2.75, 3.05) is 5.32 Å². The second-order valence-corrected chi connectivity index (χ2v) is 6.18. The van der Waals surface area contributed by atoms with Gasteiger partial charge in [0.1, 0.15) is 0 Å². The Hall–Kier alpha value is -2.54. The second-order valence-electron chi connectivity index (χ2n) is 4.92. The number of rotatable bonds is 4. The first-order valence-electron chi connectivity index (χ1n) is 6.72. The number of nitrogens with zero attached hydrogens (tertiary/aromatic N) is 3. The predicted octanol–water partition coefficient (Wildman–Crippen LogP) is 3.27. The number of carboxylic acid groups (broad SMARTS) is 1. The first kappa shape index (κ1) is 14.4. The normalized spacial score (nSPS) is 12.3. The van der Waals surface area contributed by atoms with E-state index in [9.17, 15) is 9.90 Å². The summed E-state index contributed by atoms with van der Waals surface area (Å²) in [6, 6.07) is 5.58. The van der Waals surface area contributed by atoms with E-state index in [1.807, 2.05) is 32.0 Å². The van der Waals surface area contributed by atoms with Crippen LogP contribution in [0.2, 0.25) is 0 Å². The Morgan fingerprint density at radius 3 is 2.91 bits per heavy atom. The summed E-state index contributed by atoms with van der Waals surface area (Å²) in [5.41, 5.74) is 1.66. The third-order valence-corrected chi connectivity index (χ3v) is 4.27. The molecule has 1 atom stereocenters. The molecule has 3 rings (SSSR count). The van der Waals surface area contributed by atoms with Crippen molar-refractivity contribution in [3.63, 3.8) is 0 Å². The highest BCUT2D eigenvalue weighted by atomic mass is 32.1. The van der Waals surface area contributed by atoms with Crippen LogP contribution in [0.1, 0.15) is 33.9 Å². The Balaban J connectivity index is 1.99. The summed E-state index contributed by atoms with van der Waals surface area (Å²) < 4.78 is 0.601. The van der Waals surface area contributed by atoms with E-state index in [1.165, 1.54) is 11.3 Å². The van der Waals surface area contributed by atoms with E-state index in [1.54, 1.807) is 12.4 Å². The number of aryl methyl sites for hydroxylation is 1. The molecule has 0 fully saturated rings. The van der Waals surface area contributed by atoms with Crippen molar-refractivity contribution in [1.29, 1.82) is 0 Å². The second kappa shape index (κ2) is 5.69. The standard InChI is InChI=1S/C15H14N4O2S/c1-8-6-11-13(22-8)12(14(20)21)19-15(18-11)17-9(2)10-4-3-5-16-7-10/h3-7,9H,1-2H3,(H,20,21)(H,17,18,19)/t9-/m0/s1. The Labute approximate surface area is 130 Å². The third-order valence-electron chi connectivity index (χ3n) is 3.23. The van der Waals surface area contributed by atoms with E-state index in [-0.39, 0.29) is 11.7 Å². The number of carboxylic acids is 1. The maximum Gasteiger partial charge on any atom is 0.356 e. The Kier molecular flexibility index (Phi) is 3.72. The lowest BCUT2D eigenvalue weighted by Gasteiger charge is -2.14. The molecule has 0 radical (unpaired) electrons. The van der Waals surface area contributed by atoms with Gasteiger partial charge in [0.15, 0.2) is 5.69 Å². The smallest absolute Gasteiger partial charge is 0.356 e. The zero-order valence-corrected chi connectivity index (χ0v) is 12.9. The third kappa shape index (κ3) is 2.75. The molecule has 3 aromatic heterocycles. The van der Waals surface area contributed by atoms with E-state index >= 15 is 0 Å². The van der Waals surface area contributed by atoms with Crippen LogP contribution in [0.15, 0.2) is 30.6 Å². The van der Waals surface area contributed by atoms with E-state index in [0.717, 1.165) is 10.4 Å². The summed E-state index contributed by atoms with van der Waals surface area (Å²) in [5, 5.41) is 12.5. The molecule has 7 heteroatoms. The molecule has 0 amide bonds. The number of aromatic carboxylic acids is 1. The van der Waals surface area contributed by atoms with Crippen LogP contribution in [0.3, 0.4) is 0 Å². The van der Waals surface area contributed by atoms with Crippen LogP contribution in [0.5, 0.6) is 0 Å². The molecular formula is C15H14N4O2S. The Morgan fingerprint density at radius 2 is 2.23 bits per heavy atom. The summed E-state index contributed by atoms with van der Waals surface area (Å²) >= 11 is 1.39. The van der Waals surface area contributed by atoms with E-state index < -0.39 is 5.97 Å². The van der Waals surface area contributed by atoms with Gasteiger partial charge in [-0.15, -0.1) is 11.3 Å². The van der Waals surface area contributed by atoms with E-state index in [4.69, 9.17) is 0 Å². The first-order chi connectivity index (χ1) is 10.5. The van der Waals surface area contributed by atoms with Crippen molar-refractivity contribution >= 4 is 33.5 Å². The highest BCUT2D eigenvalue weighted by molar-refractivity contribution is 7.19. The van der Waals surface area contributed by atoms with Crippen LogP contribution >= 0.6 is 11.3 Å². The largest absolute Gasteiger partial charge is 0.476 e. The number of hydrogen-bond donors (Lipinski definition) is 2. The number of anilines is 1. The lowest BCUT2D eigenvalue weighted by molar-refractivity contribution is 0.0693. The van der Waals surface area contributed by atoms with Crippen molar-refractivity contribution in [2.45, 2.75) is 19.9 Å². The van der Waals surface area contributed by atoms with Gasteiger partial charge >= 0.3 is 5.97 Å². The van der Waals surface area contributed by atoms with Crippen LogP contribution in [0.4, 0.5) is 5.95 Å². The van der Waals surface area contributed by atoms with Crippen molar-refractivity contribution in [3.8, 4) is 0 Å². The Morgan fingerprint density at radius 1 is 1.41 bits per heavy atom. The fourth-order valence-corrected chi connectivity index (χ4v) is 3.10. The molecule has 2 N–H and O–H groups in total. The van der Waals surface area contributed by atoms with Crippen molar-refractivity contribution in [3.05, 3.63) is 46.7 Å². The molecule has 3 aromatic rings. The number of fused-ring (bicyclic) bond motifs is 1. The molecule has 0 aliphatic rings. The fraction of sp³-hybridized carbons (Fsp3) is 0.200. The molecular weight excluding hydrogens is 300 g/mol. The van der Waals surface area contributed by atoms with Crippen molar-refractivity contribution in [1.82, 2.24) is 15.0 Å². The number of aromatic nitrogens is 3. The van der Waals surface area contributed by atoms with Crippen LogP contribution in [-0.4, -0.2) is 26.0 Å². The molecule has 0 saturated carbocycles. The number of nitrogens with one attached hydrogen (secondary N) is 1. The quantitative estimate of drug-likeness (QED) is 0.768. The minimum absolute atomic E-state index is 0.0315. The van der Waals surface area contributed by atoms with Crippen LogP contribution < -0.4 is 5.32 Å². The van der Waals surface area contributed by atoms with Crippen molar-refractivity contribution in [2.24, 2.45) is 0 Å². The highest BCUT2D eigenvalue weighted by Crippen LogP contribution is 2.28. The SMILES string of the molecule is Cc1cc2nc(N[C@@H](C)c3cccnc3)nc(C(=O)O)c2s1. The molecule has 0 aromatic carbocycles.